The second-order valence-electron chi connectivity index (χ2n) is 6.12. The maximum Gasteiger partial charge on any atom is 0.314 e. The number of nitrogens with one attached hydrogen (secondary N) is 2. The minimum Gasteiger partial charge on any atom is -0.338 e. The molecule has 3 rings (SSSR count). The van der Waals surface area contributed by atoms with Crippen LogP contribution in [0.15, 0.2) is 30.3 Å². The molecule has 20 heavy (non-hydrogen) atoms. The highest BCUT2D eigenvalue weighted by atomic mass is 16.2. The smallest absolute Gasteiger partial charge is 0.314 e. The van der Waals surface area contributed by atoms with E-state index in [-0.39, 0.29) is 6.03 Å². The topological polar surface area (TPSA) is 44.4 Å². The number of carbonyl (C=O) groups is 1. The lowest BCUT2D eigenvalue weighted by Crippen LogP contribution is -2.44. The lowest BCUT2D eigenvalue weighted by atomic mass is 9.75. The van der Waals surface area contributed by atoms with Crippen molar-refractivity contribution in [2.45, 2.75) is 25.8 Å². The van der Waals surface area contributed by atoms with Gasteiger partial charge in [0.05, 0.1) is 0 Å². The highest BCUT2D eigenvalue weighted by Gasteiger charge is 2.35. The van der Waals surface area contributed by atoms with Crippen LogP contribution in [-0.4, -0.2) is 37.1 Å². The minimum absolute atomic E-state index is 0.00594. The number of hydrogen-bond acceptors (Lipinski definition) is 2. The molecule has 2 fully saturated rings. The molecule has 0 aliphatic carbocycles. The average Bonchev–Trinajstić information content (AvgIpc) is 2.66. The van der Waals surface area contributed by atoms with Gasteiger partial charge in [0.25, 0.3) is 0 Å². The summed E-state index contributed by atoms with van der Waals surface area (Å²) in [6.45, 7) is 4.94. The van der Waals surface area contributed by atoms with Gasteiger partial charge in [-0.3, -0.25) is 4.90 Å². The van der Waals surface area contributed by atoms with Crippen molar-refractivity contribution in [2.24, 2.45) is 5.41 Å². The van der Waals surface area contributed by atoms with Crippen molar-refractivity contribution in [2.75, 3.05) is 26.2 Å². The van der Waals surface area contributed by atoms with E-state index in [4.69, 9.17) is 0 Å². The van der Waals surface area contributed by atoms with E-state index in [9.17, 15) is 4.79 Å². The molecule has 1 aromatic rings. The lowest BCUT2D eigenvalue weighted by Gasteiger charge is -2.41. The molecule has 2 aliphatic rings. The quantitative estimate of drug-likeness (QED) is 0.865. The molecule has 2 N–H and O–H groups in total. The normalized spacial score (nSPS) is 22.9. The summed E-state index contributed by atoms with van der Waals surface area (Å²) in [7, 11) is 0. The number of rotatable bonds is 2. The monoisotopic (exact) mass is 273 g/mol. The van der Waals surface area contributed by atoms with Gasteiger partial charge in [0, 0.05) is 19.6 Å². The summed E-state index contributed by atoms with van der Waals surface area (Å²) in [5.74, 6) is 0. The molecule has 2 saturated heterocycles. The molecular weight excluding hydrogens is 250 g/mol. The first-order chi connectivity index (χ1) is 9.76. The van der Waals surface area contributed by atoms with Gasteiger partial charge in [0.2, 0.25) is 0 Å². The SMILES string of the molecule is O=C1NCCC2(CCN(Cc3ccccc3)CC2)CN1. The molecule has 2 heterocycles. The molecule has 4 nitrogen and oxygen atoms in total. The molecule has 0 radical (unpaired) electrons. The molecule has 0 aromatic heterocycles. The van der Waals surface area contributed by atoms with E-state index in [2.05, 4.69) is 45.9 Å². The second kappa shape index (κ2) is 5.83. The molecule has 1 spiro atoms. The molecule has 0 saturated carbocycles. The van der Waals surface area contributed by atoms with Crippen LogP contribution in [0.5, 0.6) is 0 Å². The summed E-state index contributed by atoms with van der Waals surface area (Å²) in [6.07, 6.45) is 3.47. The van der Waals surface area contributed by atoms with Crippen molar-refractivity contribution >= 4 is 6.03 Å². The fraction of sp³-hybridized carbons (Fsp3) is 0.562. The molecule has 0 bridgehead atoms. The minimum atomic E-state index is -0.00594. The summed E-state index contributed by atoms with van der Waals surface area (Å²) in [6, 6.07) is 10.7. The number of likely N-dealkylation sites (tertiary alicyclic amines) is 1. The van der Waals surface area contributed by atoms with E-state index in [1.54, 1.807) is 0 Å². The van der Waals surface area contributed by atoms with Gasteiger partial charge in [-0.15, -0.1) is 0 Å². The van der Waals surface area contributed by atoms with Gasteiger partial charge in [-0.25, -0.2) is 4.79 Å². The van der Waals surface area contributed by atoms with Crippen molar-refractivity contribution in [3.05, 3.63) is 35.9 Å². The third kappa shape index (κ3) is 3.12. The number of benzene rings is 1. The predicted octanol–water partition coefficient (Wildman–Crippen LogP) is 1.97. The summed E-state index contributed by atoms with van der Waals surface area (Å²) in [5, 5.41) is 5.90. The molecule has 2 amide bonds. The number of hydrogen-bond donors (Lipinski definition) is 2. The number of carbonyl (C=O) groups excluding carboxylic acids is 1. The maximum atomic E-state index is 11.4. The fourth-order valence-corrected chi connectivity index (χ4v) is 3.31. The standard InChI is InChI=1S/C16H23N3O/c20-15-17-9-6-16(13-18-15)7-10-19(11-8-16)12-14-4-2-1-3-5-14/h1-5H,6-13H2,(H2,17,18,20). The zero-order valence-electron chi connectivity index (χ0n) is 11.9. The van der Waals surface area contributed by atoms with Crippen molar-refractivity contribution in [3.63, 3.8) is 0 Å². The van der Waals surface area contributed by atoms with Crippen molar-refractivity contribution in [1.82, 2.24) is 15.5 Å². The molecule has 0 unspecified atom stereocenters. The Morgan fingerprint density at radius 1 is 1.05 bits per heavy atom. The molecular formula is C16H23N3O. The first-order valence-corrected chi connectivity index (χ1v) is 7.54. The molecule has 1 aromatic carbocycles. The van der Waals surface area contributed by atoms with E-state index < -0.39 is 0 Å². The van der Waals surface area contributed by atoms with E-state index in [1.165, 1.54) is 18.4 Å². The third-order valence-corrected chi connectivity index (χ3v) is 4.73. The summed E-state index contributed by atoms with van der Waals surface area (Å²) in [5.41, 5.74) is 1.70. The first-order valence-electron chi connectivity index (χ1n) is 7.54. The third-order valence-electron chi connectivity index (χ3n) is 4.73. The van der Waals surface area contributed by atoms with Crippen LogP contribution >= 0.6 is 0 Å². The Morgan fingerprint density at radius 3 is 2.55 bits per heavy atom. The van der Waals surface area contributed by atoms with Crippen LogP contribution in [0.4, 0.5) is 4.79 Å². The molecule has 2 aliphatic heterocycles. The number of nitrogens with zero attached hydrogens (tertiary/aromatic N) is 1. The van der Waals surface area contributed by atoms with Crippen LogP contribution in [0.1, 0.15) is 24.8 Å². The number of amides is 2. The number of piperidine rings is 1. The van der Waals surface area contributed by atoms with Gasteiger partial charge in [0.15, 0.2) is 0 Å². The molecule has 108 valence electrons. The van der Waals surface area contributed by atoms with Crippen LogP contribution in [0.3, 0.4) is 0 Å². The van der Waals surface area contributed by atoms with E-state index in [1.807, 2.05) is 0 Å². The summed E-state index contributed by atoms with van der Waals surface area (Å²) < 4.78 is 0. The molecule has 0 atom stereocenters. The fourth-order valence-electron chi connectivity index (χ4n) is 3.31. The van der Waals surface area contributed by atoms with Crippen LogP contribution in [0.2, 0.25) is 0 Å². The Morgan fingerprint density at radius 2 is 1.80 bits per heavy atom. The summed E-state index contributed by atoms with van der Waals surface area (Å²) in [4.78, 5) is 13.9. The summed E-state index contributed by atoms with van der Waals surface area (Å²) >= 11 is 0. The average molecular weight is 273 g/mol. The lowest BCUT2D eigenvalue weighted by molar-refractivity contribution is 0.0964. The van der Waals surface area contributed by atoms with Gasteiger partial charge >= 0.3 is 6.03 Å². The van der Waals surface area contributed by atoms with Crippen molar-refractivity contribution in [3.8, 4) is 0 Å². The Hall–Kier alpha value is -1.55. The largest absolute Gasteiger partial charge is 0.338 e. The first kappa shape index (κ1) is 13.4. The van der Waals surface area contributed by atoms with Crippen LogP contribution in [-0.2, 0) is 6.54 Å². The Labute approximate surface area is 120 Å². The number of urea groups is 1. The van der Waals surface area contributed by atoms with Crippen molar-refractivity contribution < 1.29 is 4.79 Å². The van der Waals surface area contributed by atoms with Gasteiger partial charge in [-0.05, 0) is 43.3 Å². The predicted molar refractivity (Wildman–Crippen MR) is 79.4 cm³/mol. The van der Waals surface area contributed by atoms with Gasteiger partial charge in [0.1, 0.15) is 0 Å². The van der Waals surface area contributed by atoms with Crippen LogP contribution < -0.4 is 10.6 Å². The van der Waals surface area contributed by atoms with Gasteiger partial charge in [-0.1, -0.05) is 30.3 Å². The van der Waals surface area contributed by atoms with Crippen LogP contribution in [0, 0.1) is 5.41 Å². The Balaban J connectivity index is 1.55. The van der Waals surface area contributed by atoms with E-state index >= 15 is 0 Å². The highest BCUT2D eigenvalue weighted by molar-refractivity contribution is 5.74. The second-order valence-corrected chi connectivity index (χ2v) is 6.12. The van der Waals surface area contributed by atoms with Gasteiger partial charge in [-0.2, -0.15) is 0 Å². The van der Waals surface area contributed by atoms with E-state index in [0.29, 0.717) is 5.41 Å². The highest BCUT2D eigenvalue weighted by Crippen LogP contribution is 2.35. The van der Waals surface area contributed by atoms with Crippen molar-refractivity contribution in [1.29, 1.82) is 0 Å². The Kier molecular flexibility index (Phi) is 3.92. The van der Waals surface area contributed by atoms with E-state index in [0.717, 1.165) is 39.1 Å². The maximum absolute atomic E-state index is 11.4. The zero-order chi connectivity index (χ0) is 13.8. The van der Waals surface area contributed by atoms with Crippen LogP contribution in [0.25, 0.3) is 0 Å². The zero-order valence-corrected chi connectivity index (χ0v) is 11.9. The Bertz CT molecular complexity index is 452. The van der Waals surface area contributed by atoms with Gasteiger partial charge < -0.3 is 10.6 Å². The molecule has 4 heteroatoms.